The Hall–Kier alpha value is -1.98. The number of hydrogen-bond acceptors (Lipinski definition) is 4. The Morgan fingerprint density at radius 1 is 1.33 bits per heavy atom. The number of pyridine rings is 1. The maximum absolute atomic E-state index is 10.9. The summed E-state index contributed by atoms with van der Waals surface area (Å²) in [6.07, 6.45) is 0. The smallest absolute Gasteiger partial charge is 0.354 e. The molecule has 0 aliphatic heterocycles. The summed E-state index contributed by atoms with van der Waals surface area (Å²) in [6.45, 7) is 1.86. The largest absolute Gasteiger partial charge is 0.477 e. The molecule has 0 spiro atoms. The summed E-state index contributed by atoms with van der Waals surface area (Å²) < 4.78 is 0. The van der Waals surface area contributed by atoms with Crippen molar-refractivity contribution < 1.29 is 9.90 Å². The topological polar surface area (TPSA) is 88.2 Å². The number of aromatic carboxylic acids is 1. The Morgan fingerprint density at radius 2 is 2.05 bits per heavy atom. The molecule has 0 saturated heterocycles. The molecule has 0 amide bonds. The van der Waals surface area contributed by atoms with Crippen molar-refractivity contribution in [3.8, 4) is 0 Å². The number of nitrogens with one attached hydrogen (secondary N) is 1. The number of aromatic nitrogens is 1. The van der Waals surface area contributed by atoms with Crippen LogP contribution in [-0.4, -0.2) is 16.1 Å². The maximum Gasteiger partial charge on any atom is 0.354 e. The van der Waals surface area contributed by atoms with Gasteiger partial charge in [0.1, 0.15) is 0 Å². The molecular weight excluding hydrogens is 313 g/mol. The SMILES string of the molecule is CC(Nc1nc(C(=O)O)ccc1N)c1ccc(Cl)cc1Cl. The molecule has 0 aliphatic carbocycles. The molecule has 0 fully saturated rings. The Balaban J connectivity index is 2.28. The summed E-state index contributed by atoms with van der Waals surface area (Å²) in [5.74, 6) is -0.816. The summed E-state index contributed by atoms with van der Waals surface area (Å²) in [6, 6.07) is 7.79. The number of benzene rings is 1. The molecule has 5 nitrogen and oxygen atoms in total. The van der Waals surface area contributed by atoms with Crippen LogP contribution in [-0.2, 0) is 0 Å². The van der Waals surface area contributed by atoms with E-state index >= 15 is 0 Å². The molecule has 1 aromatic heterocycles. The zero-order valence-corrected chi connectivity index (χ0v) is 12.6. The van der Waals surface area contributed by atoms with E-state index in [1.807, 2.05) is 6.92 Å². The van der Waals surface area contributed by atoms with E-state index in [0.717, 1.165) is 5.56 Å². The molecule has 0 aliphatic rings. The van der Waals surface area contributed by atoms with E-state index in [4.69, 9.17) is 34.0 Å². The van der Waals surface area contributed by atoms with E-state index in [1.54, 1.807) is 18.2 Å². The van der Waals surface area contributed by atoms with Gasteiger partial charge in [-0.25, -0.2) is 9.78 Å². The van der Waals surface area contributed by atoms with Gasteiger partial charge in [0.25, 0.3) is 0 Å². The molecule has 2 aromatic rings. The van der Waals surface area contributed by atoms with Gasteiger partial charge in [0.2, 0.25) is 0 Å². The first-order valence-corrected chi connectivity index (χ1v) is 6.85. The maximum atomic E-state index is 10.9. The van der Waals surface area contributed by atoms with Crippen LogP contribution < -0.4 is 11.1 Å². The van der Waals surface area contributed by atoms with Crippen LogP contribution in [0, 0.1) is 0 Å². The van der Waals surface area contributed by atoms with Crippen molar-refractivity contribution >= 4 is 40.7 Å². The number of hydrogen-bond donors (Lipinski definition) is 3. The van der Waals surface area contributed by atoms with Gasteiger partial charge in [0, 0.05) is 10.0 Å². The van der Waals surface area contributed by atoms with E-state index < -0.39 is 5.97 Å². The van der Waals surface area contributed by atoms with Gasteiger partial charge < -0.3 is 16.2 Å². The van der Waals surface area contributed by atoms with Crippen LogP contribution in [0.5, 0.6) is 0 Å². The molecule has 1 atom stereocenters. The Bertz CT molecular complexity index is 692. The van der Waals surface area contributed by atoms with Gasteiger partial charge in [-0.3, -0.25) is 0 Å². The lowest BCUT2D eigenvalue weighted by atomic mass is 10.1. The van der Waals surface area contributed by atoms with E-state index in [0.29, 0.717) is 21.6 Å². The van der Waals surface area contributed by atoms with Crippen LogP contribution in [0.25, 0.3) is 0 Å². The third-order valence-electron chi connectivity index (χ3n) is 2.93. The molecular formula is C14H13Cl2N3O2. The summed E-state index contributed by atoms with van der Waals surface area (Å²) in [5.41, 5.74) is 6.89. The fraction of sp³-hybridized carbons (Fsp3) is 0.143. The molecule has 2 rings (SSSR count). The van der Waals surface area contributed by atoms with E-state index in [2.05, 4.69) is 10.3 Å². The summed E-state index contributed by atoms with van der Waals surface area (Å²) >= 11 is 12.0. The molecule has 1 heterocycles. The Morgan fingerprint density at radius 3 is 2.67 bits per heavy atom. The van der Waals surface area contributed by atoms with Crippen molar-refractivity contribution in [3.05, 3.63) is 51.6 Å². The summed E-state index contributed by atoms with van der Waals surface area (Å²) in [4.78, 5) is 14.9. The summed E-state index contributed by atoms with van der Waals surface area (Å²) in [7, 11) is 0. The molecule has 1 unspecified atom stereocenters. The van der Waals surface area contributed by atoms with Gasteiger partial charge in [-0.15, -0.1) is 0 Å². The van der Waals surface area contributed by atoms with Gasteiger partial charge in [-0.1, -0.05) is 29.3 Å². The number of nitrogens with zero attached hydrogens (tertiary/aromatic N) is 1. The number of anilines is 2. The van der Waals surface area contributed by atoms with E-state index in [1.165, 1.54) is 12.1 Å². The number of nitrogen functional groups attached to an aromatic ring is 1. The zero-order valence-electron chi connectivity index (χ0n) is 11.1. The van der Waals surface area contributed by atoms with Crippen LogP contribution in [0.15, 0.2) is 30.3 Å². The highest BCUT2D eigenvalue weighted by Crippen LogP contribution is 2.29. The van der Waals surface area contributed by atoms with Crippen molar-refractivity contribution in [2.24, 2.45) is 0 Å². The highest BCUT2D eigenvalue weighted by molar-refractivity contribution is 6.35. The molecule has 0 radical (unpaired) electrons. The first kappa shape index (κ1) is 15.4. The second-order valence-electron chi connectivity index (χ2n) is 4.47. The molecule has 1 aromatic carbocycles. The molecule has 21 heavy (non-hydrogen) atoms. The number of carbonyl (C=O) groups is 1. The third kappa shape index (κ3) is 3.56. The number of carboxylic acid groups (broad SMARTS) is 1. The molecule has 7 heteroatoms. The lowest BCUT2D eigenvalue weighted by molar-refractivity contribution is 0.0690. The van der Waals surface area contributed by atoms with Crippen molar-refractivity contribution in [1.29, 1.82) is 0 Å². The number of nitrogens with two attached hydrogens (primary N) is 1. The number of halogens is 2. The van der Waals surface area contributed by atoms with Gasteiger partial charge in [0.15, 0.2) is 11.5 Å². The number of carboxylic acids is 1. The monoisotopic (exact) mass is 325 g/mol. The van der Waals surface area contributed by atoms with Gasteiger partial charge >= 0.3 is 5.97 Å². The fourth-order valence-electron chi connectivity index (χ4n) is 1.84. The van der Waals surface area contributed by atoms with Crippen LogP contribution >= 0.6 is 23.2 Å². The second-order valence-corrected chi connectivity index (χ2v) is 5.31. The molecule has 4 N–H and O–H groups in total. The van der Waals surface area contributed by atoms with Gasteiger partial charge in [0.05, 0.1) is 11.7 Å². The average molecular weight is 326 g/mol. The van der Waals surface area contributed by atoms with Crippen LogP contribution in [0.4, 0.5) is 11.5 Å². The summed E-state index contributed by atoms with van der Waals surface area (Å²) in [5, 5.41) is 13.1. The third-order valence-corrected chi connectivity index (χ3v) is 3.49. The molecule has 0 saturated carbocycles. The average Bonchev–Trinajstić information content (AvgIpc) is 2.40. The van der Waals surface area contributed by atoms with Crippen LogP contribution in [0.1, 0.15) is 29.0 Å². The minimum Gasteiger partial charge on any atom is -0.477 e. The number of rotatable bonds is 4. The van der Waals surface area contributed by atoms with Crippen molar-refractivity contribution in [2.45, 2.75) is 13.0 Å². The van der Waals surface area contributed by atoms with Gasteiger partial charge in [-0.2, -0.15) is 0 Å². The minimum absolute atomic E-state index is 0.0823. The first-order valence-electron chi connectivity index (χ1n) is 6.10. The van der Waals surface area contributed by atoms with Crippen LogP contribution in [0.3, 0.4) is 0 Å². The van der Waals surface area contributed by atoms with Gasteiger partial charge in [-0.05, 0) is 36.8 Å². The van der Waals surface area contributed by atoms with E-state index in [9.17, 15) is 4.79 Å². The quantitative estimate of drug-likeness (QED) is 0.794. The Labute approximate surface area is 131 Å². The lowest BCUT2D eigenvalue weighted by Gasteiger charge is -2.18. The predicted molar refractivity (Wildman–Crippen MR) is 84.1 cm³/mol. The van der Waals surface area contributed by atoms with Crippen molar-refractivity contribution in [2.75, 3.05) is 11.1 Å². The molecule has 110 valence electrons. The zero-order chi connectivity index (χ0) is 15.6. The normalized spacial score (nSPS) is 12.0. The highest BCUT2D eigenvalue weighted by atomic mass is 35.5. The van der Waals surface area contributed by atoms with E-state index in [-0.39, 0.29) is 11.7 Å². The standard InChI is InChI=1S/C14H13Cl2N3O2/c1-7(9-3-2-8(15)6-10(9)16)18-13-11(17)4-5-12(19-13)14(20)21/h2-7H,17H2,1H3,(H,18,19)(H,20,21). The minimum atomic E-state index is -1.12. The lowest BCUT2D eigenvalue weighted by Crippen LogP contribution is -2.12. The molecule has 0 bridgehead atoms. The predicted octanol–water partition coefficient (Wildman–Crippen LogP) is 3.84. The second kappa shape index (κ2) is 6.20. The highest BCUT2D eigenvalue weighted by Gasteiger charge is 2.14. The first-order chi connectivity index (χ1) is 9.88. The Kier molecular flexibility index (Phi) is 4.55. The van der Waals surface area contributed by atoms with Crippen molar-refractivity contribution in [1.82, 2.24) is 4.98 Å². The van der Waals surface area contributed by atoms with Crippen molar-refractivity contribution in [3.63, 3.8) is 0 Å². The van der Waals surface area contributed by atoms with Crippen LogP contribution in [0.2, 0.25) is 10.0 Å². The fourth-order valence-corrected chi connectivity index (χ4v) is 2.41.